The molecule has 1 fully saturated rings. The Bertz CT molecular complexity index is 738. The van der Waals surface area contributed by atoms with Gasteiger partial charge in [-0.15, -0.1) is 11.8 Å². The van der Waals surface area contributed by atoms with Crippen LogP contribution in [0.2, 0.25) is 0 Å². The summed E-state index contributed by atoms with van der Waals surface area (Å²) in [6.07, 6.45) is 0.397. The molecule has 3 rings (SSSR count). The zero-order valence-electron chi connectivity index (χ0n) is 15.3. The van der Waals surface area contributed by atoms with Gasteiger partial charge in [-0.3, -0.25) is 4.79 Å². The largest absolute Gasteiger partial charge is 0.536 e. The molecule has 3 atom stereocenters. The van der Waals surface area contributed by atoms with E-state index in [4.69, 9.17) is 15.1 Å². The van der Waals surface area contributed by atoms with Gasteiger partial charge < -0.3 is 30.2 Å². The number of hydrogen-bond donors (Lipinski definition) is 3. The van der Waals surface area contributed by atoms with Gasteiger partial charge in [-0.25, -0.2) is 4.79 Å². The standard InChI is InChI=1S/C17H23BN2O6S/c1-9-6-20(7-11(9)19)14(21)8-27-13-5-10-3-4-12(25-2)15(17(22)23)16(10)26-18(13)24/h3-4,9,11,13,24H,5-8,19H2,1-2H3,(H,22,23)/t9?,11?,13-/m0/s1. The van der Waals surface area contributed by atoms with Crippen LogP contribution in [0.3, 0.4) is 0 Å². The van der Waals surface area contributed by atoms with Gasteiger partial charge in [-0.1, -0.05) is 13.0 Å². The van der Waals surface area contributed by atoms with Gasteiger partial charge in [-0.05, 0) is 24.0 Å². The Balaban J connectivity index is 1.68. The van der Waals surface area contributed by atoms with Crippen molar-refractivity contribution in [1.82, 2.24) is 4.90 Å². The van der Waals surface area contributed by atoms with Gasteiger partial charge in [-0.2, -0.15) is 0 Å². The average molecular weight is 394 g/mol. The van der Waals surface area contributed by atoms with E-state index in [2.05, 4.69) is 0 Å². The Labute approximate surface area is 162 Å². The number of carboxylic acids is 1. The fraction of sp³-hybridized carbons (Fsp3) is 0.529. The molecular formula is C17H23BN2O6S. The molecule has 8 nitrogen and oxygen atoms in total. The van der Waals surface area contributed by atoms with Crippen LogP contribution in [0.1, 0.15) is 22.8 Å². The maximum absolute atomic E-state index is 12.4. The number of thioether (sulfide) groups is 1. The zero-order valence-corrected chi connectivity index (χ0v) is 16.1. The molecule has 4 N–H and O–H groups in total. The molecule has 1 saturated heterocycles. The normalized spacial score (nSPS) is 24.4. The van der Waals surface area contributed by atoms with Crippen molar-refractivity contribution in [1.29, 1.82) is 0 Å². The molecule has 2 heterocycles. The third-order valence-electron chi connectivity index (χ3n) is 5.06. The Morgan fingerprint density at radius 2 is 2.19 bits per heavy atom. The van der Waals surface area contributed by atoms with E-state index < -0.39 is 13.1 Å². The molecule has 0 aromatic heterocycles. The molecule has 2 aliphatic rings. The van der Waals surface area contributed by atoms with Gasteiger partial charge in [0.2, 0.25) is 5.91 Å². The second kappa shape index (κ2) is 7.99. The van der Waals surface area contributed by atoms with E-state index in [1.807, 2.05) is 6.92 Å². The van der Waals surface area contributed by atoms with Crippen LogP contribution in [0.25, 0.3) is 0 Å². The predicted octanol–water partition coefficient (Wildman–Crippen LogP) is 0.255. The van der Waals surface area contributed by atoms with Crippen LogP contribution < -0.4 is 15.1 Å². The van der Waals surface area contributed by atoms with Gasteiger partial charge in [0.1, 0.15) is 17.1 Å². The summed E-state index contributed by atoms with van der Waals surface area (Å²) in [5.74, 6) is -0.415. The van der Waals surface area contributed by atoms with Gasteiger partial charge in [0.05, 0.1) is 18.0 Å². The number of carbonyl (C=O) groups excluding carboxylic acids is 1. The molecule has 0 radical (unpaired) electrons. The van der Waals surface area contributed by atoms with Crippen molar-refractivity contribution in [2.24, 2.45) is 11.7 Å². The van der Waals surface area contributed by atoms with E-state index in [-0.39, 0.29) is 45.8 Å². The Kier molecular flexibility index (Phi) is 5.88. The first-order valence-electron chi connectivity index (χ1n) is 8.74. The lowest BCUT2D eigenvalue weighted by Crippen LogP contribution is -2.42. The molecule has 2 aliphatic heterocycles. The number of nitrogens with two attached hydrogens (primary N) is 1. The fourth-order valence-corrected chi connectivity index (χ4v) is 4.45. The fourth-order valence-electron chi connectivity index (χ4n) is 3.40. The Hall–Kier alpha value is -1.91. The minimum Gasteiger partial charge on any atom is -0.534 e. The number of fused-ring (bicyclic) bond motifs is 1. The van der Waals surface area contributed by atoms with Crippen LogP contribution in [0.4, 0.5) is 0 Å². The number of methoxy groups -OCH3 is 1. The number of amides is 1. The zero-order chi connectivity index (χ0) is 19.7. The second-order valence-corrected chi connectivity index (χ2v) is 8.17. The Morgan fingerprint density at radius 1 is 1.44 bits per heavy atom. The topological polar surface area (TPSA) is 122 Å². The van der Waals surface area contributed by atoms with Crippen LogP contribution in [0.5, 0.6) is 11.5 Å². The van der Waals surface area contributed by atoms with Crippen molar-refractivity contribution in [3.8, 4) is 11.5 Å². The van der Waals surface area contributed by atoms with Crippen molar-refractivity contribution in [3.05, 3.63) is 23.3 Å². The second-order valence-electron chi connectivity index (χ2n) is 6.94. The molecular weight excluding hydrogens is 371 g/mol. The van der Waals surface area contributed by atoms with E-state index in [1.165, 1.54) is 18.9 Å². The summed E-state index contributed by atoms with van der Waals surface area (Å²) in [4.78, 5) is 25.7. The molecule has 0 bridgehead atoms. The summed E-state index contributed by atoms with van der Waals surface area (Å²) in [5, 5.41) is 19.4. The first-order chi connectivity index (χ1) is 12.8. The van der Waals surface area contributed by atoms with E-state index in [9.17, 15) is 19.7 Å². The van der Waals surface area contributed by atoms with Gasteiger partial charge in [0, 0.05) is 19.1 Å². The quantitative estimate of drug-likeness (QED) is 0.608. The number of hydrogen-bond acceptors (Lipinski definition) is 7. The summed E-state index contributed by atoms with van der Waals surface area (Å²) in [5.41, 5.74) is 6.53. The van der Waals surface area contributed by atoms with E-state index in [0.717, 1.165) is 0 Å². The minimum absolute atomic E-state index is 0.00106. The molecule has 146 valence electrons. The number of ether oxygens (including phenoxy) is 1. The van der Waals surface area contributed by atoms with E-state index >= 15 is 0 Å². The van der Waals surface area contributed by atoms with Crippen LogP contribution in [0.15, 0.2) is 12.1 Å². The number of carboxylic acid groups (broad SMARTS) is 1. The highest BCUT2D eigenvalue weighted by atomic mass is 32.2. The number of rotatable bonds is 5. The molecule has 1 aromatic carbocycles. The van der Waals surface area contributed by atoms with Crippen LogP contribution >= 0.6 is 11.8 Å². The van der Waals surface area contributed by atoms with Crippen molar-refractivity contribution in [3.63, 3.8) is 0 Å². The van der Waals surface area contributed by atoms with Crippen LogP contribution in [-0.4, -0.2) is 71.2 Å². The first-order valence-corrected chi connectivity index (χ1v) is 9.79. The van der Waals surface area contributed by atoms with Gasteiger partial charge >= 0.3 is 13.1 Å². The summed E-state index contributed by atoms with van der Waals surface area (Å²) in [6.45, 7) is 3.22. The van der Waals surface area contributed by atoms with E-state index in [1.54, 1.807) is 17.0 Å². The van der Waals surface area contributed by atoms with Crippen molar-refractivity contribution >= 4 is 30.8 Å². The lowest BCUT2D eigenvalue weighted by Gasteiger charge is -2.29. The third kappa shape index (κ3) is 4.02. The predicted molar refractivity (Wildman–Crippen MR) is 102 cm³/mol. The maximum atomic E-state index is 12.4. The molecule has 1 amide bonds. The highest BCUT2D eigenvalue weighted by molar-refractivity contribution is 8.01. The van der Waals surface area contributed by atoms with Gasteiger partial charge in [0.15, 0.2) is 0 Å². The monoisotopic (exact) mass is 394 g/mol. The Morgan fingerprint density at radius 3 is 2.78 bits per heavy atom. The van der Waals surface area contributed by atoms with Crippen molar-refractivity contribution < 1.29 is 29.1 Å². The number of nitrogens with zero attached hydrogens (tertiary/aromatic N) is 1. The molecule has 2 unspecified atom stereocenters. The summed E-state index contributed by atoms with van der Waals surface area (Å²) in [7, 11) is 0.170. The minimum atomic E-state index is -1.21. The highest BCUT2D eigenvalue weighted by Gasteiger charge is 2.39. The molecule has 0 saturated carbocycles. The summed E-state index contributed by atoms with van der Waals surface area (Å²) in [6, 6.07) is 3.30. The van der Waals surface area contributed by atoms with Crippen LogP contribution in [0, 0.1) is 5.92 Å². The maximum Gasteiger partial charge on any atom is 0.536 e. The van der Waals surface area contributed by atoms with Crippen molar-refractivity contribution in [2.45, 2.75) is 24.5 Å². The first kappa shape index (κ1) is 19.8. The summed E-state index contributed by atoms with van der Waals surface area (Å²) >= 11 is 1.30. The van der Waals surface area contributed by atoms with Crippen molar-refractivity contribution in [2.75, 3.05) is 26.0 Å². The smallest absolute Gasteiger partial charge is 0.534 e. The number of aromatic carboxylic acids is 1. The van der Waals surface area contributed by atoms with E-state index in [0.29, 0.717) is 25.1 Å². The number of carbonyl (C=O) groups is 2. The molecule has 27 heavy (non-hydrogen) atoms. The average Bonchev–Trinajstić information content (AvgIpc) is 2.97. The molecule has 0 spiro atoms. The molecule has 10 heteroatoms. The summed E-state index contributed by atoms with van der Waals surface area (Å²) < 4.78 is 10.6. The number of benzene rings is 1. The number of likely N-dealkylation sites (tertiary alicyclic amines) is 1. The lowest BCUT2D eigenvalue weighted by atomic mass is 9.77. The SMILES string of the molecule is COc1ccc2c(c1C(=O)O)OB(O)[C@@H](SCC(=O)N1CC(C)C(N)C1)C2. The molecule has 0 aliphatic carbocycles. The third-order valence-corrected chi connectivity index (χ3v) is 6.30. The van der Waals surface area contributed by atoms with Gasteiger partial charge in [0.25, 0.3) is 0 Å². The van der Waals surface area contributed by atoms with Crippen LogP contribution in [-0.2, 0) is 11.2 Å². The molecule has 1 aromatic rings. The lowest BCUT2D eigenvalue weighted by molar-refractivity contribution is -0.127. The highest BCUT2D eigenvalue weighted by Crippen LogP contribution is 2.38.